The Morgan fingerprint density at radius 3 is 2.25 bits per heavy atom. The molecular weight excluding hydrogens is 519 g/mol. The Kier molecular flexibility index (Phi) is 16.2. The van der Waals surface area contributed by atoms with Gasteiger partial charge < -0.3 is 19.4 Å². The molecule has 0 aliphatic heterocycles. The first-order chi connectivity index (χ1) is 16.6. The van der Waals surface area contributed by atoms with Crippen LogP contribution in [-0.2, 0) is 23.4 Å². The van der Waals surface area contributed by atoms with Crippen LogP contribution in [0.15, 0.2) is 17.3 Å². The maximum absolute atomic E-state index is 12.9. The van der Waals surface area contributed by atoms with Gasteiger partial charge in [-0.3, -0.25) is 24.0 Å². The molecule has 1 unspecified atom stereocenters. The van der Waals surface area contributed by atoms with E-state index in [-0.39, 0.29) is 19.7 Å². The van der Waals surface area contributed by atoms with Gasteiger partial charge >= 0.3 is 7.82 Å². The zero-order chi connectivity index (χ0) is 28.7. The van der Waals surface area contributed by atoms with Gasteiger partial charge in [-0.15, -0.1) is 6.42 Å². The van der Waals surface area contributed by atoms with Crippen LogP contribution >= 0.6 is 7.82 Å². The third-order valence-electron chi connectivity index (χ3n) is 3.83. The highest BCUT2D eigenvalue weighted by Crippen LogP contribution is 2.42. The third kappa shape index (κ3) is 13.6. The van der Waals surface area contributed by atoms with Crippen molar-refractivity contribution in [2.24, 2.45) is 0 Å². The monoisotopic (exact) mass is 555 g/mol. The van der Waals surface area contributed by atoms with Crippen LogP contribution in [0.25, 0.3) is 0 Å². The molecular formula is C20H36N4O10PS+. The first kappa shape index (κ1) is 35.7. The number of terminal acetylenes is 1. The Balaban J connectivity index is 0. The van der Waals surface area contributed by atoms with Crippen LogP contribution in [0.3, 0.4) is 0 Å². The maximum Gasteiger partial charge on any atom is 0.472 e. The van der Waals surface area contributed by atoms with E-state index in [9.17, 15) is 32.8 Å². The van der Waals surface area contributed by atoms with Gasteiger partial charge in [0.15, 0.2) is 14.9 Å². The van der Waals surface area contributed by atoms with Crippen molar-refractivity contribution in [3.05, 3.63) is 27.9 Å². The number of nitrogens with zero attached hydrogens (tertiary/aromatic N) is 4. The predicted molar refractivity (Wildman–Crippen MR) is 133 cm³/mol. The van der Waals surface area contributed by atoms with Gasteiger partial charge in [-0.1, -0.05) is 19.8 Å². The van der Waals surface area contributed by atoms with Crippen molar-refractivity contribution in [2.75, 3.05) is 67.4 Å². The molecule has 1 aromatic heterocycles. The number of amides is 1. The number of carbonyl (C=O) groups is 1. The van der Waals surface area contributed by atoms with Crippen LogP contribution < -0.4 is 0 Å². The summed E-state index contributed by atoms with van der Waals surface area (Å²) in [6.07, 6.45) is 6.77. The topological polar surface area (TPSA) is 186 Å². The normalized spacial score (nSPS) is 12.6. The van der Waals surface area contributed by atoms with Gasteiger partial charge in [-0.05, 0) is 0 Å². The van der Waals surface area contributed by atoms with Crippen molar-refractivity contribution in [1.29, 1.82) is 0 Å². The van der Waals surface area contributed by atoms with E-state index < -0.39 is 51.4 Å². The molecule has 1 atom stereocenters. The number of phosphoric acid groups is 1. The summed E-state index contributed by atoms with van der Waals surface area (Å²) in [5.41, 5.74) is -1.15. The van der Waals surface area contributed by atoms with E-state index in [0.717, 1.165) is 30.5 Å². The van der Waals surface area contributed by atoms with E-state index in [0.29, 0.717) is 11.0 Å². The number of carbonyl (C=O) groups excluding carboxylic acids is 1. The van der Waals surface area contributed by atoms with Gasteiger partial charge in [0.05, 0.1) is 44.8 Å². The Hall–Kier alpha value is -2.44. The van der Waals surface area contributed by atoms with Crippen LogP contribution in [0.4, 0.5) is 5.69 Å². The van der Waals surface area contributed by atoms with Gasteiger partial charge in [-0.2, -0.15) is 0 Å². The molecule has 16 heteroatoms. The summed E-state index contributed by atoms with van der Waals surface area (Å²) in [6, 6.07) is 0.779. The number of quaternary nitrogens is 1. The van der Waals surface area contributed by atoms with Crippen molar-refractivity contribution < 1.29 is 46.2 Å². The fourth-order valence-corrected chi connectivity index (χ4v) is 3.75. The van der Waals surface area contributed by atoms with E-state index in [1.54, 1.807) is 0 Å². The molecule has 0 aromatic carbocycles. The lowest BCUT2D eigenvalue weighted by Gasteiger charge is -2.24. The summed E-state index contributed by atoms with van der Waals surface area (Å²) in [7, 11) is -1.82. The summed E-state index contributed by atoms with van der Waals surface area (Å²) in [6.45, 7) is 3.26. The van der Waals surface area contributed by atoms with Crippen LogP contribution in [0.2, 0.25) is 0 Å². The predicted octanol–water partition coefficient (Wildman–Crippen LogP) is 0.943. The molecule has 1 heterocycles. The number of hydrogen-bond acceptors (Lipinski definition) is 10. The molecule has 1 rings (SSSR count). The fraction of sp³-hybridized carbons (Fsp3) is 0.600. The fourth-order valence-electron chi connectivity index (χ4n) is 2.26. The average molecular weight is 556 g/mol. The number of hydrogen-bond donors (Lipinski definition) is 2. The minimum absolute atomic E-state index is 0.0542. The molecule has 206 valence electrons. The van der Waals surface area contributed by atoms with Crippen molar-refractivity contribution in [3.63, 3.8) is 0 Å². The number of likely N-dealkylation sites (N-methyl/N-ethyl adjacent to an activating group) is 1. The van der Waals surface area contributed by atoms with E-state index in [1.807, 2.05) is 35.0 Å². The summed E-state index contributed by atoms with van der Waals surface area (Å²) in [5.74, 6) is 1.22. The molecule has 0 spiro atoms. The summed E-state index contributed by atoms with van der Waals surface area (Å²) >= 11 is 0. The quantitative estimate of drug-likeness (QED) is 0.123. The molecule has 0 bridgehead atoms. The van der Waals surface area contributed by atoms with Crippen molar-refractivity contribution >= 4 is 29.3 Å². The molecule has 0 aliphatic carbocycles. The Labute approximate surface area is 212 Å². The van der Waals surface area contributed by atoms with E-state index in [2.05, 4.69) is 10.9 Å². The molecule has 0 saturated carbocycles. The highest BCUT2D eigenvalue weighted by atomic mass is 32.2. The number of nitro groups is 1. The maximum atomic E-state index is 12.9. The minimum atomic E-state index is -4.41. The van der Waals surface area contributed by atoms with E-state index in [1.165, 1.54) is 0 Å². The summed E-state index contributed by atoms with van der Waals surface area (Å²) < 4.78 is 46.1. The summed E-state index contributed by atoms with van der Waals surface area (Å²) in [5, 5.41) is 17.4. The van der Waals surface area contributed by atoms with E-state index in [4.69, 9.17) is 20.6 Å². The van der Waals surface area contributed by atoms with Crippen LogP contribution in [0.1, 0.15) is 24.2 Å². The van der Waals surface area contributed by atoms with E-state index >= 15 is 0 Å². The van der Waals surface area contributed by atoms with Crippen LogP contribution in [-0.4, -0.2) is 111 Å². The molecule has 0 aliphatic rings. The van der Waals surface area contributed by atoms with Gasteiger partial charge in [0.25, 0.3) is 11.6 Å². The standard InChI is InChI=1S/C17H25N4O9PS.C2H6.CH4O/c1-6-7-19(8-10-29-31(25,26)30-11-9-21(2,3)4)17(22)15-12-14(20(23)24)13-18-16(15)32(5,27)28;2*1-2/h1,12-13H,7-11H2,2-5H3;1-2H3;2H,1H3/p+1. The zero-order valence-electron chi connectivity index (χ0n) is 21.6. The number of aliphatic hydroxyl groups excluding tert-OH is 1. The molecule has 36 heavy (non-hydrogen) atoms. The SMILES string of the molecule is C#CCN(CCOP(=O)(O)OCC[N+](C)(C)C)C(=O)c1cc([N+](=O)[O-])cnc1S(C)(=O)=O.CC.CO. The zero-order valence-corrected chi connectivity index (χ0v) is 23.3. The number of rotatable bonds is 12. The summed E-state index contributed by atoms with van der Waals surface area (Å²) in [4.78, 5) is 37.3. The minimum Gasteiger partial charge on any atom is -0.400 e. The highest BCUT2D eigenvalue weighted by molar-refractivity contribution is 7.90. The lowest BCUT2D eigenvalue weighted by molar-refractivity contribution is -0.870. The molecule has 1 aromatic rings. The average Bonchev–Trinajstić information content (AvgIpc) is 2.78. The van der Waals surface area contributed by atoms with Crippen LogP contribution in [0, 0.1) is 22.5 Å². The molecule has 0 radical (unpaired) electrons. The van der Waals surface area contributed by atoms with Crippen molar-refractivity contribution in [3.8, 4) is 12.3 Å². The first-order valence-electron chi connectivity index (χ1n) is 10.5. The smallest absolute Gasteiger partial charge is 0.400 e. The molecule has 2 N–H and O–H groups in total. The largest absolute Gasteiger partial charge is 0.472 e. The molecule has 14 nitrogen and oxygen atoms in total. The third-order valence-corrected chi connectivity index (χ3v) is 5.88. The Morgan fingerprint density at radius 2 is 1.81 bits per heavy atom. The second-order valence-corrected chi connectivity index (χ2v) is 11.0. The number of sulfone groups is 1. The van der Waals surface area contributed by atoms with Gasteiger partial charge in [0.1, 0.15) is 19.3 Å². The Morgan fingerprint density at radius 1 is 1.28 bits per heavy atom. The first-order valence-corrected chi connectivity index (χ1v) is 13.9. The van der Waals surface area contributed by atoms with Crippen LogP contribution in [0.5, 0.6) is 0 Å². The van der Waals surface area contributed by atoms with Crippen molar-refractivity contribution in [2.45, 2.75) is 18.9 Å². The molecule has 0 saturated heterocycles. The Bertz CT molecular complexity index is 1050. The second kappa shape index (κ2) is 16.3. The number of aromatic nitrogens is 1. The number of pyridine rings is 1. The molecule has 0 fully saturated rings. The van der Waals surface area contributed by atoms with Gasteiger partial charge in [0, 0.05) is 26.0 Å². The van der Waals surface area contributed by atoms with Crippen molar-refractivity contribution in [1.82, 2.24) is 9.88 Å². The lowest BCUT2D eigenvalue weighted by Crippen LogP contribution is -2.37. The number of aliphatic hydroxyl groups is 1. The number of phosphoric ester groups is 1. The van der Waals surface area contributed by atoms with Gasteiger partial charge in [-0.25, -0.2) is 18.0 Å². The molecule has 1 amide bonds. The highest BCUT2D eigenvalue weighted by Gasteiger charge is 2.28. The van der Waals surface area contributed by atoms with Gasteiger partial charge in [0.2, 0.25) is 0 Å². The second-order valence-electron chi connectivity index (χ2n) is 7.66. The lowest BCUT2D eigenvalue weighted by atomic mass is 10.2.